The summed E-state index contributed by atoms with van der Waals surface area (Å²) in [7, 11) is 0. The van der Waals surface area contributed by atoms with Crippen molar-refractivity contribution in [2.45, 2.75) is 27.3 Å². The number of carbonyl (C=O) groups is 1. The Morgan fingerprint density at radius 2 is 2.00 bits per heavy atom. The van der Waals surface area contributed by atoms with Crippen molar-refractivity contribution in [2.24, 2.45) is 11.7 Å². The summed E-state index contributed by atoms with van der Waals surface area (Å²) in [5, 5.41) is 0. The number of nitrogens with two attached hydrogens (primary N) is 1. The zero-order valence-corrected chi connectivity index (χ0v) is 12.2. The molecule has 0 saturated heterocycles. The Morgan fingerprint density at radius 3 is 2.50 bits per heavy atom. The minimum Gasteiger partial charge on any atom is -0.338 e. The van der Waals surface area contributed by atoms with Crippen LogP contribution in [0.5, 0.6) is 0 Å². The van der Waals surface area contributed by atoms with E-state index in [0.29, 0.717) is 13.1 Å². The number of nitrogens with zero attached hydrogens (tertiary/aromatic N) is 1. The molecule has 1 atom stereocenters. The highest BCUT2D eigenvalue weighted by Crippen LogP contribution is 2.12. The first-order valence-corrected chi connectivity index (χ1v) is 6.13. The normalized spacial score (nSPS) is 11.6. The van der Waals surface area contributed by atoms with Gasteiger partial charge in [0.2, 0.25) is 5.91 Å². The van der Waals surface area contributed by atoms with E-state index in [1.165, 1.54) is 11.1 Å². The second kappa shape index (κ2) is 8.11. The fourth-order valence-corrected chi connectivity index (χ4v) is 1.75. The average Bonchev–Trinajstić information content (AvgIpc) is 2.36. The molecule has 0 saturated carbocycles. The molecule has 0 radical (unpaired) electrons. The predicted molar refractivity (Wildman–Crippen MR) is 77.7 cm³/mol. The third-order valence-corrected chi connectivity index (χ3v) is 3.09. The zero-order chi connectivity index (χ0) is 12.8. The molecule has 4 heteroatoms. The first kappa shape index (κ1) is 16.9. The van der Waals surface area contributed by atoms with Crippen LogP contribution in [0.4, 0.5) is 0 Å². The second-order valence-corrected chi connectivity index (χ2v) is 4.42. The molecular weight excluding hydrogens is 248 g/mol. The highest BCUT2D eigenvalue weighted by atomic mass is 35.5. The van der Waals surface area contributed by atoms with Gasteiger partial charge in [-0.3, -0.25) is 4.79 Å². The Bertz CT molecular complexity index is 382. The Kier molecular flexibility index (Phi) is 7.64. The molecule has 1 rings (SSSR count). The first-order valence-electron chi connectivity index (χ1n) is 6.13. The summed E-state index contributed by atoms with van der Waals surface area (Å²) in [4.78, 5) is 13.9. The predicted octanol–water partition coefficient (Wildman–Crippen LogP) is 2.36. The van der Waals surface area contributed by atoms with Gasteiger partial charge in [-0.2, -0.15) is 0 Å². The van der Waals surface area contributed by atoms with E-state index in [9.17, 15) is 4.79 Å². The van der Waals surface area contributed by atoms with E-state index in [1.807, 2.05) is 30.9 Å². The number of benzene rings is 1. The van der Waals surface area contributed by atoms with Crippen molar-refractivity contribution in [3.8, 4) is 0 Å². The first-order chi connectivity index (χ1) is 8.10. The van der Waals surface area contributed by atoms with Crippen molar-refractivity contribution < 1.29 is 4.79 Å². The van der Waals surface area contributed by atoms with Gasteiger partial charge in [0.25, 0.3) is 0 Å². The molecule has 18 heavy (non-hydrogen) atoms. The maximum absolute atomic E-state index is 12.1. The van der Waals surface area contributed by atoms with Crippen molar-refractivity contribution in [1.29, 1.82) is 0 Å². The van der Waals surface area contributed by atoms with Gasteiger partial charge in [0, 0.05) is 25.6 Å². The smallest absolute Gasteiger partial charge is 0.226 e. The van der Waals surface area contributed by atoms with E-state index in [4.69, 9.17) is 5.73 Å². The van der Waals surface area contributed by atoms with Crippen LogP contribution in [0.3, 0.4) is 0 Å². The number of hydrogen-bond acceptors (Lipinski definition) is 2. The molecule has 102 valence electrons. The van der Waals surface area contributed by atoms with Crippen molar-refractivity contribution in [1.82, 2.24) is 4.90 Å². The van der Waals surface area contributed by atoms with Gasteiger partial charge in [-0.05, 0) is 25.0 Å². The van der Waals surface area contributed by atoms with Crippen LogP contribution in [0.15, 0.2) is 24.3 Å². The highest BCUT2D eigenvalue weighted by molar-refractivity contribution is 5.85. The molecule has 1 aromatic rings. The Hall–Kier alpha value is -1.06. The molecule has 1 aromatic carbocycles. The van der Waals surface area contributed by atoms with E-state index >= 15 is 0 Å². The maximum Gasteiger partial charge on any atom is 0.226 e. The lowest BCUT2D eigenvalue weighted by Gasteiger charge is -2.24. The molecule has 0 spiro atoms. The fraction of sp³-hybridized carbons (Fsp3) is 0.500. The van der Waals surface area contributed by atoms with Gasteiger partial charge in [0.15, 0.2) is 0 Å². The maximum atomic E-state index is 12.1. The molecule has 0 heterocycles. The number of rotatable bonds is 5. The standard InChI is InChI=1S/C14H22N2O.ClH/c1-4-16(14(17)12(3)9-15)10-13-8-6-5-7-11(13)2;/h5-8,12H,4,9-10,15H2,1-3H3;1H. The number of amides is 1. The van der Waals surface area contributed by atoms with Gasteiger partial charge in [0.05, 0.1) is 0 Å². The number of aryl methyl sites for hydroxylation is 1. The SMILES string of the molecule is CCN(Cc1ccccc1C)C(=O)C(C)CN.Cl. The van der Waals surface area contributed by atoms with Crippen LogP contribution in [0.1, 0.15) is 25.0 Å². The summed E-state index contributed by atoms with van der Waals surface area (Å²) < 4.78 is 0. The van der Waals surface area contributed by atoms with Crippen molar-refractivity contribution in [2.75, 3.05) is 13.1 Å². The molecule has 0 aromatic heterocycles. The van der Waals surface area contributed by atoms with Gasteiger partial charge in [-0.25, -0.2) is 0 Å². The molecule has 0 bridgehead atoms. The second-order valence-electron chi connectivity index (χ2n) is 4.42. The minimum atomic E-state index is -0.0982. The Balaban J connectivity index is 0.00000289. The zero-order valence-electron chi connectivity index (χ0n) is 11.3. The number of hydrogen-bond donors (Lipinski definition) is 1. The van der Waals surface area contributed by atoms with Gasteiger partial charge in [-0.15, -0.1) is 12.4 Å². The molecule has 0 aliphatic carbocycles. The molecule has 1 unspecified atom stereocenters. The number of carbonyl (C=O) groups excluding carboxylic acids is 1. The monoisotopic (exact) mass is 270 g/mol. The molecule has 0 aliphatic heterocycles. The Labute approximate surface area is 116 Å². The topological polar surface area (TPSA) is 46.3 Å². The fourth-order valence-electron chi connectivity index (χ4n) is 1.75. The lowest BCUT2D eigenvalue weighted by Crippen LogP contribution is -2.37. The molecule has 3 nitrogen and oxygen atoms in total. The molecule has 2 N–H and O–H groups in total. The van der Waals surface area contributed by atoms with Crippen molar-refractivity contribution >= 4 is 18.3 Å². The summed E-state index contributed by atoms with van der Waals surface area (Å²) in [5.41, 5.74) is 7.96. The molecule has 0 aliphatic rings. The highest BCUT2D eigenvalue weighted by Gasteiger charge is 2.18. The van der Waals surface area contributed by atoms with E-state index < -0.39 is 0 Å². The average molecular weight is 271 g/mol. The Morgan fingerprint density at radius 1 is 1.39 bits per heavy atom. The third-order valence-electron chi connectivity index (χ3n) is 3.09. The van der Waals surface area contributed by atoms with E-state index in [2.05, 4.69) is 19.1 Å². The summed E-state index contributed by atoms with van der Waals surface area (Å²) in [6.45, 7) is 7.75. The van der Waals surface area contributed by atoms with Crippen LogP contribution >= 0.6 is 12.4 Å². The summed E-state index contributed by atoms with van der Waals surface area (Å²) >= 11 is 0. The van der Waals surface area contributed by atoms with Crippen LogP contribution in [0.2, 0.25) is 0 Å². The molecule has 1 amide bonds. The summed E-state index contributed by atoms with van der Waals surface area (Å²) in [6.07, 6.45) is 0. The van der Waals surface area contributed by atoms with Gasteiger partial charge < -0.3 is 10.6 Å². The van der Waals surface area contributed by atoms with Crippen LogP contribution in [0.25, 0.3) is 0 Å². The van der Waals surface area contributed by atoms with Crippen LogP contribution in [0, 0.1) is 12.8 Å². The van der Waals surface area contributed by atoms with E-state index in [1.54, 1.807) is 0 Å². The van der Waals surface area contributed by atoms with Crippen LogP contribution < -0.4 is 5.73 Å². The van der Waals surface area contributed by atoms with Crippen LogP contribution in [-0.4, -0.2) is 23.9 Å². The van der Waals surface area contributed by atoms with Gasteiger partial charge in [-0.1, -0.05) is 31.2 Å². The van der Waals surface area contributed by atoms with Crippen LogP contribution in [-0.2, 0) is 11.3 Å². The largest absolute Gasteiger partial charge is 0.338 e. The van der Waals surface area contributed by atoms with Gasteiger partial charge in [0.1, 0.15) is 0 Å². The quantitative estimate of drug-likeness (QED) is 0.893. The minimum absolute atomic E-state index is 0. The summed E-state index contributed by atoms with van der Waals surface area (Å²) in [5.74, 6) is 0.0391. The lowest BCUT2D eigenvalue weighted by molar-refractivity contribution is -0.135. The molecular formula is C14H23ClN2O. The number of halogens is 1. The van der Waals surface area contributed by atoms with E-state index in [0.717, 1.165) is 6.54 Å². The summed E-state index contributed by atoms with van der Waals surface area (Å²) in [6, 6.07) is 8.16. The lowest BCUT2D eigenvalue weighted by atomic mass is 10.1. The van der Waals surface area contributed by atoms with E-state index in [-0.39, 0.29) is 24.2 Å². The van der Waals surface area contributed by atoms with Crippen molar-refractivity contribution in [3.05, 3.63) is 35.4 Å². The molecule has 0 fully saturated rings. The van der Waals surface area contributed by atoms with Gasteiger partial charge >= 0.3 is 0 Å². The third kappa shape index (κ3) is 4.31. The van der Waals surface area contributed by atoms with Crippen molar-refractivity contribution in [3.63, 3.8) is 0 Å².